The molecule has 5 aromatic rings. The monoisotopic (exact) mass is 502 g/mol. The van der Waals surface area contributed by atoms with Gasteiger partial charge in [0.15, 0.2) is 0 Å². The molecule has 0 spiro atoms. The van der Waals surface area contributed by atoms with Gasteiger partial charge in [0.05, 0.1) is 0 Å². The molecule has 0 fully saturated rings. The lowest BCUT2D eigenvalue weighted by Crippen LogP contribution is -2.20. The molecule has 2 nitrogen and oxygen atoms in total. The highest BCUT2D eigenvalue weighted by Crippen LogP contribution is 2.39. The molecule has 188 valence electrons. The third kappa shape index (κ3) is 4.59. The van der Waals surface area contributed by atoms with Gasteiger partial charge in [0.1, 0.15) is 0 Å². The molecule has 0 radical (unpaired) electrons. The Morgan fingerprint density at radius 1 is 0.641 bits per heavy atom. The highest BCUT2D eigenvalue weighted by molar-refractivity contribution is 6.08. The molecule has 2 heteroatoms. The van der Waals surface area contributed by atoms with Crippen molar-refractivity contribution in [2.45, 2.75) is 12.8 Å². The molecule has 0 aliphatic heterocycles. The second kappa shape index (κ2) is 10.2. The first-order chi connectivity index (χ1) is 19.3. The van der Waals surface area contributed by atoms with E-state index in [4.69, 9.17) is 0 Å². The minimum atomic E-state index is 0.527. The molecule has 7 rings (SSSR count). The topological polar surface area (TPSA) is 16.1 Å². The minimum absolute atomic E-state index is 0.527. The third-order valence-corrected chi connectivity index (χ3v) is 8.02. The number of pyridine rings is 1. The van der Waals surface area contributed by atoms with Crippen molar-refractivity contribution in [1.82, 2.24) is 4.98 Å². The second-order valence-corrected chi connectivity index (χ2v) is 10.4. The number of hydrogen-bond acceptors (Lipinski definition) is 2. The number of allylic oxidation sites excluding steroid dienone is 7. The van der Waals surface area contributed by atoms with E-state index in [1.54, 1.807) is 0 Å². The van der Waals surface area contributed by atoms with Crippen LogP contribution in [0.15, 0.2) is 152 Å². The fraction of sp³-hybridized carbons (Fsp3) is 0.108. The molecule has 0 amide bonds. The van der Waals surface area contributed by atoms with Gasteiger partial charge >= 0.3 is 0 Å². The Morgan fingerprint density at radius 3 is 2.28 bits per heavy atom. The summed E-state index contributed by atoms with van der Waals surface area (Å²) in [6, 6.07) is 32.9. The summed E-state index contributed by atoms with van der Waals surface area (Å²) >= 11 is 0. The van der Waals surface area contributed by atoms with E-state index in [0.717, 1.165) is 35.3 Å². The molecule has 2 aliphatic rings. The molecule has 2 aliphatic carbocycles. The number of rotatable bonds is 5. The lowest BCUT2D eigenvalue weighted by molar-refractivity contribution is 0.476. The van der Waals surface area contributed by atoms with Crippen molar-refractivity contribution in [1.29, 1.82) is 0 Å². The summed E-state index contributed by atoms with van der Waals surface area (Å²) in [5, 5.41) is 5.08. The van der Waals surface area contributed by atoms with Gasteiger partial charge in [-0.15, -0.1) is 0 Å². The number of benzene rings is 4. The SMILES string of the molecule is C1=CCC(C2C=CC(N(c3cccc(-c4cccnc4)c3)c3ccc4ccc5ccccc5c4c3)=CC2)C=C1. The smallest absolute Gasteiger partial charge is 0.0468 e. The second-order valence-electron chi connectivity index (χ2n) is 10.4. The van der Waals surface area contributed by atoms with Crippen molar-refractivity contribution < 1.29 is 0 Å². The van der Waals surface area contributed by atoms with Crippen molar-refractivity contribution in [2.24, 2.45) is 11.8 Å². The highest BCUT2D eigenvalue weighted by atomic mass is 15.1. The van der Waals surface area contributed by atoms with Gasteiger partial charge < -0.3 is 4.90 Å². The Bertz CT molecular complexity index is 1770. The molecule has 0 saturated carbocycles. The first-order valence-corrected chi connectivity index (χ1v) is 13.8. The Balaban J connectivity index is 1.34. The summed E-state index contributed by atoms with van der Waals surface area (Å²) in [6.45, 7) is 0. The quantitative estimate of drug-likeness (QED) is 0.222. The van der Waals surface area contributed by atoms with Crippen LogP contribution in [0.25, 0.3) is 32.7 Å². The zero-order valence-corrected chi connectivity index (χ0v) is 21.8. The zero-order valence-electron chi connectivity index (χ0n) is 21.8. The minimum Gasteiger partial charge on any atom is -0.311 e. The fourth-order valence-electron chi connectivity index (χ4n) is 5.96. The molecular weight excluding hydrogens is 472 g/mol. The maximum absolute atomic E-state index is 4.35. The lowest BCUT2D eigenvalue weighted by atomic mass is 9.82. The van der Waals surface area contributed by atoms with Crippen LogP contribution in [-0.2, 0) is 0 Å². The normalized spacial score (nSPS) is 18.4. The van der Waals surface area contributed by atoms with Crippen LogP contribution in [0.4, 0.5) is 11.4 Å². The van der Waals surface area contributed by atoms with Crippen LogP contribution >= 0.6 is 0 Å². The largest absolute Gasteiger partial charge is 0.311 e. The van der Waals surface area contributed by atoms with E-state index in [9.17, 15) is 0 Å². The Hall–Kier alpha value is -4.69. The van der Waals surface area contributed by atoms with Gasteiger partial charge in [-0.2, -0.15) is 0 Å². The average molecular weight is 503 g/mol. The van der Waals surface area contributed by atoms with Gasteiger partial charge in [-0.05, 0) is 88.2 Å². The van der Waals surface area contributed by atoms with Crippen LogP contribution in [0.1, 0.15) is 12.8 Å². The summed E-state index contributed by atoms with van der Waals surface area (Å²) < 4.78 is 0. The van der Waals surface area contributed by atoms with Crippen LogP contribution < -0.4 is 4.90 Å². The zero-order chi connectivity index (χ0) is 26.0. The van der Waals surface area contributed by atoms with E-state index in [2.05, 4.69) is 137 Å². The Kier molecular flexibility index (Phi) is 6.14. The molecule has 39 heavy (non-hydrogen) atoms. The number of anilines is 2. The highest BCUT2D eigenvalue weighted by Gasteiger charge is 2.22. The van der Waals surface area contributed by atoms with Crippen LogP contribution in [0.2, 0.25) is 0 Å². The Morgan fingerprint density at radius 2 is 1.46 bits per heavy atom. The van der Waals surface area contributed by atoms with E-state index in [1.165, 1.54) is 27.2 Å². The number of aromatic nitrogens is 1. The lowest BCUT2D eigenvalue weighted by Gasteiger charge is -2.31. The van der Waals surface area contributed by atoms with Crippen molar-refractivity contribution >= 4 is 32.9 Å². The van der Waals surface area contributed by atoms with E-state index in [-0.39, 0.29) is 0 Å². The van der Waals surface area contributed by atoms with Gasteiger partial charge in [0.2, 0.25) is 0 Å². The van der Waals surface area contributed by atoms with Crippen molar-refractivity contribution in [3.05, 3.63) is 152 Å². The average Bonchev–Trinajstić information content (AvgIpc) is 3.02. The van der Waals surface area contributed by atoms with Crippen molar-refractivity contribution in [2.75, 3.05) is 4.90 Å². The number of nitrogens with zero attached hydrogens (tertiary/aromatic N) is 2. The molecule has 1 aromatic heterocycles. The summed E-state index contributed by atoms with van der Waals surface area (Å²) in [5.41, 5.74) is 5.80. The molecule has 4 aromatic carbocycles. The van der Waals surface area contributed by atoms with E-state index in [1.807, 2.05) is 18.5 Å². The molecule has 0 bridgehead atoms. The Labute approximate surface area is 229 Å². The maximum atomic E-state index is 4.35. The number of hydrogen-bond donors (Lipinski definition) is 0. The van der Waals surface area contributed by atoms with Gasteiger partial charge in [-0.1, -0.05) is 97.1 Å². The van der Waals surface area contributed by atoms with E-state index >= 15 is 0 Å². The van der Waals surface area contributed by atoms with Crippen molar-refractivity contribution in [3.63, 3.8) is 0 Å². The molecule has 2 unspecified atom stereocenters. The summed E-state index contributed by atoms with van der Waals surface area (Å²) in [5.74, 6) is 1.09. The molecular formula is C37H30N2. The standard InChI is InChI=1S/C37H30N2/c1-2-8-27(9-3-1)28-17-20-33(21-18-28)39(34-13-6-11-31(24-34)32-12-7-23-38-26-32)35-22-19-30-16-15-29-10-4-5-14-36(29)37(30)25-35/h1-8,10-17,19-28H,9,18H2. The van der Waals surface area contributed by atoms with Gasteiger partial charge in [-0.25, -0.2) is 0 Å². The van der Waals surface area contributed by atoms with Crippen LogP contribution in [0, 0.1) is 11.8 Å². The molecule has 0 N–H and O–H groups in total. The third-order valence-electron chi connectivity index (χ3n) is 8.02. The predicted molar refractivity (Wildman–Crippen MR) is 165 cm³/mol. The van der Waals surface area contributed by atoms with Gasteiger partial charge in [-0.3, -0.25) is 4.98 Å². The molecule has 1 heterocycles. The first-order valence-electron chi connectivity index (χ1n) is 13.8. The van der Waals surface area contributed by atoms with Crippen molar-refractivity contribution in [3.8, 4) is 11.1 Å². The van der Waals surface area contributed by atoms with Gasteiger partial charge in [0.25, 0.3) is 0 Å². The number of fused-ring (bicyclic) bond motifs is 3. The summed E-state index contributed by atoms with van der Waals surface area (Å²) in [6.07, 6.45) is 22.1. The van der Waals surface area contributed by atoms with E-state index < -0.39 is 0 Å². The summed E-state index contributed by atoms with van der Waals surface area (Å²) in [7, 11) is 0. The van der Waals surface area contributed by atoms with Crippen LogP contribution in [-0.4, -0.2) is 4.98 Å². The molecule has 0 saturated heterocycles. The van der Waals surface area contributed by atoms with Gasteiger partial charge in [0, 0.05) is 35.0 Å². The first kappa shape index (κ1) is 23.4. The fourth-order valence-corrected chi connectivity index (χ4v) is 5.96. The van der Waals surface area contributed by atoms with E-state index in [0.29, 0.717) is 11.8 Å². The van der Waals surface area contributed by atoms with Crippen LogP contribution in [0.3, 0.4) is 0 Å². The summed E-state index contributed by atoms with van der Waals surface area (Å²) in [4.78, 5) is 6.76. The van der Waals surface area contributed by atoms with Crippen LogP contribution in [0.5, 0.6) is 0 Å². The maximum Gasteiger partial charge on any atom is 0.0468 e. The molecule has 2 atom stereocenters. The predicted octanol–water partition coefficient (Wildman–Crippen LogP) is 9.79.